The van der Waals surface area contributed by atoms with Crippen LogP contribution in [0.1, 0.15) is 24.8 Å². The van der Waals surface area contributed by atoms with Crippen LogP contribution in [-0.4, -0.2) is 19.0 Å². The third-order valence-electron chi connectivity index (χ3n) is 3.51. The van der Waals surface area contributed by atoms with Crippen LogP contribution in [0.3, 0.4) is 0 Å². The van der Waals surface area contributed by atoms with Gasteiger partial charge in [0, 0.05) is 24.8 Å². The highest BCUT2D eigenvalue weighted by molar-refractivity contribution is 5.92. The van der Waals surface area contributed by atoms with Crippen LogP contribution in [0.5, 0.6) is 0 Å². The van der Waals surface area contributed by atoms with E-state index in [0.717, 1.165) is 5.56 Å². The summed E-state index contributed by atoms with van der Waals surface area (Å²) in [5.41, 5.74) is 2.52. The fraction of sp³-hybridized carbons (Fsp3) is 0.222. The molecule has 5 nitrogen and oxygen atoms in total. The van der Waals surface area contributed by atoms with Crippen molar-refractivity contribution in [3.8, 4) is 0 Å². The van der Waals surface area contributed by atoms with Gasteiger partial charge in [-0.25, -0.2) is 4.79 Å². The molecule has 0 aromatic heterocycles. The second kappa shape index (κ2) is 7.98. The van der Waals surface area contributed by atoms with E-state index in [1.807, 2.05) is 37.3 Å². The van der Waals surface area contributed by atoms with Gasteiger partial charge < -0.3 is 16.0 Å². The molecule has 0 saturated heterocycles. The molecule has 0 aliphatic carbocycles. The van der Waals surface area contributed by atoms with E-state index >= 15 is 0 Å². The number of amides is 3. The lowest BCUT2D eigenvalue weighted by molar-refractivity contribution is -0.116. The maximum absolute atomic E-state index is 12.1. The highest BCUT2D eigenvalue weighted by Crippen LogP contribution is 2.20. The molecule has 2 rings (SSSR count). The molecule has 1 atom stereocenters. The van der Waals surface area contributed by atoms with E-state index in [9.17, 15) is 9.59 Å². The molecular weight excluding hydrogens is 290 g/mol. The van der Waals surface area contributed by atoms with E-state index in [1.165, 1.54) is 0 Å². The molecule has 2 aromatic carbocycles. The molecule has 3 N–H and O–H groups in total. The monoisotopic (exact) mass is 311 g/mol. The van der Waals surface area contributed by atoms with Gasteiger partial charge in [0.05, 0.1) is 0 Å². The van der Waals surface area contributed by atoms with Crippen LogP contribution < -0.4 is 16.0 Å². The highest BCUT2D eigenvalue weighted by atomic mass is 16.2. The van der Waals surface area contributed by atoms with Gasteiger partial charge in [-0.15, -0.1) is 0 Å². The summed E-state index contributed by atoms with van der Waals surface area (Å²) in [5.74, 6) is 0.124. The first-order chi connectivity index (χ1) is 11.1. The summed E-state index contributed by atoms with van der Waals surface area (Å²) in [6.07, 6.45) is 0.419. The number of rotatable bonds is 5. The topological polar surface area (TPSA) is 70.2 Å². The molecule has 0 saturated carbocycles. The molecule has 0 heterocycles. The number of hydrogen-bond acceptors (Lipinski definition) is 2. The third kappa shape index (κ3) is 5.14. The zero-order valence-corrected chi connectivity index (χ0v) is 13.3. The Kier molecular flexibility index (Phi) is 5.74. The van der Waals surface area contributed by atoms with Crippen molar-refractivity contribution in [2.24, 2.45) is 0 Å². The molecule has 0 bridgehead atoms. The number of hydrogen-bond donors (Lipinski definition) is 3. The predicted molar refractivity (Wildman–Crippen MR) is 92.6 cm³/mol. The lowest BCUT2D eigenvalue weighted by Gasteiger charge is -2.12. The average Bonchev–Trinajstić information content (AvgIpc) is 2.57. The Morgan fingerprint density at radius 1 is 0.913 bits per heavy atom. The largest absolute Gasteiger partial charge is 0.341 e. The quantitative estimate of drug-likeness (QED) is 0.790. The van der Waals surface area contributed by atoms with Crippen LogP contribution in [0.4, 0.5) is 16.2 Å². The molecule has 0 fully saturated rings. The van der Waals surface area contributed by atoms with E-state index in [1.54, 1.807) is 31.3 Å². The van der Waals surface area contributed by atoms with E-state index in [4.69, 9.17) is 0 Å². The summed E-state index contributed by atoms with van der Waals surface area (Å²) in [6.45, 7) is 2.03. The van der Waals surface area contributed by atoms with Crippen LogP contribution in [-0.2, 0) is 4.79 Å². The Balaban J connectivity index is 1.89. The van der Waals surface area contributed by atoms with Gasteiger partial charge in [0.2, 0.25) is 5.91 Å². The van der Waals surface area contributed by atoms with Gasteiger partial charge in [-0.1, -0.05) is 37.3 Å². The smallest absolute Gasteiger partial charge is 0.318 e. The average molecular weight is 311 g/mol. The van der Waals surface area contributed by atoms with Crippen molar-refractivity contribution in [3.05, 3.63) is 60.2 Å². The normalized spacial score (nSPS) is 11.4. The summed E-state index contributed by atoms with van der Waals surface area (Å²) in [6, 6.07) is 16.7. The Bertz CT molecular complexity index is 654. The van der Waals surface area contributed by atoms with E-state index in [2.05, 4.69) is 16.0 Å². The molecule has 0 aliphatic rings. The minimum absolute atomic E-state index is 0.0339. The zero-order chi connectivity index (χ0) is 16.7. The van der Waals surface area contributed by atoms with Crippen LogP contribution in [0, 0.1) is 0 Å². The van der Waals surface area contributed by atoms with E-state index in [0.29, 0.717) is 17.8 Å². The first-order valence-corrected chi connectivity index (χ1v) is 7.52. The summed E-state index contributed by atoms with van der Waals surface area (Å²) >= 11 is 0. The minimum atomic E-state index is -0.279. The van der Waals surface area contributed by atoms with Gasteiger partial charge in [0.15, 0.2) is 0 Å². The second-order valence-electron chi connectivity index (χ2n) is 5.35. The van der Waals surface area contributed by atoms with Crippen molar-refractivity contribution in [2.45, 2.75) is 19.3 Å². The maximum Gasteiger partial charge on any atom is 0.318 e. The molecule has 0 spiro atoms. The Morgan fingerprint density at radius 3 is 2.04 bits per heavy atom. The SMILES string of the molecule is CNC(=O)Nc1ccc(NC(=O)CC(C)c2ccccc2)cc1. The second-order valence-corrected chi connectivity index (χ2v) is 5.35. The predicted octanol–water partition coefficient (Wildman–Crippen LogP) is 3.57. The highest BCUT2D eigenvalue weighted by Gasteiger charge is 2.11. The van der Waals surface area contributed by atoms with Gasteiger partial charge in [0.1, 0.15) is 0 Å². The Hall–Kier alpha value is -2.82. The molecule has 5 heteroatoms. The fourth-order valence-electron chi connectivity index (χ4n) is 2.22. The zero-order valence-electron chi connectivity index (χ0n) is 13.3. The lowest BCUT2D eigenvalue weighted by atomic mass is 9.97. The standard InChI is InChI=1S/C18H21N3O2/c1-13(14-6-4-3-5-7-14)12-17(22)20-15-8-10-16(11-9-15)21-18(23)19-2/h3-11,13H,12H2,1-2H3,(H,20,22)(H2,19,21,23). The number of carbonyl (C=O) groups is 2. The van der Waals surface area contributed by atoms with Crippen LogP contribution >= 0.6 is 0 Å². The van der Waals surface area contributed by atoms with Crippen LogP contribution in [0.15, 0.2) is 54.6 Å². The first kappa shape index (κ1) is 16.5. The molecule has 0 aliphatic heterocycles. The molecule has 23 heavy (non-hydrogen) atoms. The molecule has 2 aromatic rings. The third-order valence-corrected chi connectivity index (χ3v) is 3.51. The van der Waals surface area contributed by atoms with Gasteiger partial charge in [-0.05, 0) is 35.7 Å². The Morgan fingerprint density at radius 2 is 1.48 bits per heavy atom. The summed E-state index contributed by atoms with van der Waals surface area (Å²) < 4.78 is 0. The number of benzene rings is 2. The molecular formula is C18H21N3O2. The molecule has 0 radical (unpaired) electrons. The van der Waals surface area contributed by atoms with Gasteiger partial charge in [-0.3, -0.25) is 4.79 Å². The van der Waals surface area contributed by atoms with Crippen molar-refractivity contribution >= 4 is 23.3 Å². The number of nitrogens with one attached hydrogen (secondary N) is 3. The first-order valence-electron chi connectivity index (χ1n) is 7.52. The number of carbonyl (C=O) groups excluding carboxylic acids is 2. The van der Waals surface area contributed by atoms with E-state index in [-0.39, 0.29) is 17.9 Å². The molecule has 3 amide bonds. The van der Waals surface area contributed by atoms with Crippen molar-refractivity contribution in [2.75, 3.05) is 17.7 Å². The van der Waals surface area contributed by atoms with Gasteiger partial charge in [-0.2, -0.15) is 0 Å². The number of anilines is 2. The van der Waals surface area contributed by atoms with Crippen molar-refractivity contribution in [1.82, 2.24) is 5.32 Å². The fourth-order valence-corrected chi connectivity index (χ4v) is 2.22. The van der Waals surface area contributed by atoms with Gasteiger partial charge in [0.25, 0.3) is 0 Å². The van der Waals surface area contributed by atoms with Crippen molar-refractivity contribution < 1.29 is 9.59 Å². The maximum atomic E-state index is 12.1. The Labute approximate surface area is 136 Å². The van der Waals surface area contributed by atoms with Crippen molar-refractivity contribution in [3.63, 3.8) is 0 Å². The van der Waals surface area contributed by atoms with Crippen molar-refractivity contribution in [1.29, 1.82) is 0 Å². The molecule has 1 unspecified atom stereocenters. The summed E-state index contributed by atoms with van der Waals surface area (Å²) in [4.78, 5) is 23.3. The lowest BCUT2D eigenvalue weighted by Crippen LogP contribution is -2.24. The summed E-state index contributed by atoms with van der Waals surface area (Å²) in [5, 5.41) is 8.01. The minimum Gasteiger partial charge on any atom is -0.341 e. The van der Waals surface area contributed by atoms with Crippen LogP contribution in [0.2, 0.25) is 0 Å². The van der Waals surface area contributed by atoms with Gasteiger partial charge >= 0.3 is 6.03 Å². The van der Waals surface area contributed by atoms with E-state index < -0.39 is 0 Å². The number of urea groups is 1. The molecule has 120 valence electrons. The summed E-state index contributed by atoms with van der Waals surface area (Å²) in [7, 11) is 1.55. The van der Waals surface area contributed by atoms with Crippen LogP contribution in [0.25, 0.3) is 0 Å².